The van der Waals surface area contributed by atoms with Crippen LogP contribution < -0.4 is 0 Å². The minimum atomic E-state index is -0.949. The average molecular weight is 243 g/mol. The number of ether oxygens (including phenoxy) is 1. The molecule has 1 saturated carbocycles. The van der Waals surface area contributed by atoms with Gasteiger partial charge in [-0.2, -0.15) is 0 Å². The van der Waals surface area contributed by atoms with Gasteiger partial charge in [0.25, 0.3) is 0 Å². The molecule has 4 atom stereocenters. The van der Waals surface area contributed by atoms with Crippen LogP contribution in [-0.2, 0) is 22.2 Å². The van der Waals surface area contributed by atoms with Crippen molar-refractivity contribution in [2.45, 2.75) is 61.9 Å². The molecule has 0 spiro atoms. The van der Waals surface area contributed by atoms with Crippen molar-refractivity contribution in [3.05, 3.63) is 0 Å². The Balaban J connectivity index is 1.76. The summed E-state index contributed by atoms with van der Waals surface area (Å²) in [6.45, 7) is 4.23. The SMILES string of the molecule is CC[CH](C)[Co](=[O])[CH2]C1CCC2OC2C1. The molecule has 2 nitrogen and oxygen atoms in total. The summed E-state index contributed by atoms with van der Waals surface area (Å²) in [6, 6.07) is 0. The molecule has 3 heteroatoms. The number of hydrogen-bond donors (Lipinski definition) is 0. The molecular weight excluding hydrogens is 223 g/mol. The zero-order valence-electron chi connectivity index (χ0n) is 8.99. The molecule has 0 bridgehead atoms. The first kappa shape index (κ1) is 10.8. The Morgan fingerprint density at radius 2 is 2.21 bits per heavy atom. The van der Waals surface area contributed by atoms with Crippen LogP contribution in [0, 0.1) is 5.92 Å². The van der Waals surface area contributed by atoms with Gasteiger partial charge in [-0.05, 0) is 0 Å². The molecule has 85 valence electrons. The van der Waals surface area contributed by atoms with Crippen LogP contribution in [0.3, 0.4) is 0 Å². The predicted molar refractivity (Wildman–Crippen MR) is 51.2 cm³/mol. The first-order valence-corrected chi connectivity index (χ1v) is 7.37. The monoisotopic (exact) mass is 243 g/mol. The third-order valence-electron chi connectivity index (χ3n) is 3.35. The van der Waals surface area contributed by atoms with Crippen molar-refractivity contribution in [1.29, 1.82) is 0 Å². The van der Waals surface area contributed by atoms with Crippen LogP contribution in [0.4, 0.5) is 0 Å². The van der Waals surface area contributed by atoms with E-state index in [4.69, 9.17) is 4.74 Å². The van der Waals surface area contributed by atoms with Gasteiger partial charge in [0.2, 0.25) is 0 Å². The molecule has 2 rings (SSSR count). The fourth-order valence-corrected chi connectivity index (χ4v) is 3.96. The second kappa shape index (κ2) is 4.41. The van der Waals surface area contributed by atoms with Crippen LogP contribution in [0.25, 0.3) is 0 Å². The van der Waals surface area contributed by atoms with Crippen molar-refractivity contribution in [3.8, 4) is 0 Å². The maximum atomic E-state index is 11.9. The molecule has 0 amide bonds. The fraction of sp³-hybridized carbons (Fsp3) is 1.00. The van der Waals surface area contributed by atoms with E-state index in [0.717, 1.165) is 11.8 Å². The molecule has 0 aromatic heterocycles. The standard InChI is InChI=1S/C7H11O.C4H9.Co.O/c1-5-2-3-6-7(4-5)8-6;1-3-4-2;;/h5-7H,1-4H2;3H,4H2,1-2H3;;. The van der Waals surface area contributed by atoms with Crippen LogP contribution in [0.5, 0.6) is 0 Å². The van der Waals surface area contributed by atoms with E-state index in [2.05, 4.69) is 13.8 Å². The van der Waals surface area contributed by atoms with E-state index < -0.39 is 13.6 Å². The van der Waals surface area contributed by atoms with E-state index in [9.17, 15) is 3.87 Å². The van der Waals surface area contributed by atoms with Crippen molar-refractivity contribution in [3.63, 3.8) is 0 Å². The van der Waals surface area contributed by atoms with Gasteiger partial charge < -0.3 is 0 Å². The second-order valence-corrected chi connectivity index (χ2v) is 6.91. The zero-order chi connectivity index (χ0) is 10.1. The van der Waals surface area contributed by atoms with Crippen molar-refractivity contribution >= 4 is 0 Å². The van der Waals surface area contributed by atoms with Gasteiger partial charge in [-0.1, -0.05) is 0 Å². The van der Waals surface area contributed by atoms with Gasteiger partial charge in [-0.25, -0.2) is 0 Å². The Morgan fingerprint density at radius 1 is 1.43 bits per heavy atom. The van der Waals surface area contributed by atoms with Crippen LogP contribution in [-0.4, -0.2) is 12.2 Å². The summed E-state index contributed by atoms with van der Waals surface area (Å²) in [6.07, 6.45) is 5.77. The molecule has 0 radical (unpaired) electrons. The minimum absolute atomic E-state index is 0.403. The third kappa shape index (κ3) is 2.44. The van der Waals surface area contributed by atoms with Crippen molar-refractivity contribution in [2.75, 3.05) is 0 Å². The molecule has 2 aliphatic rings. The quantitative estimate of drug-likeness (QED) is 0.710. The van der Waals surface area contributed by atoms with E-state index in [-0.39, 0.29) is 0 Å². The van der Waals surface area contributed by atoms with Gasteiger partial charge in [-0.3, -0.25) is 0 Å². The van der Waals surface area contributed by atoms with Crippen molar-refractivity contribution in [2.24, 2.45) is 5.92 Å². The maximum absolute atomic E-state index is 11.9. The van der Waals surface area contributed by atoms with Crippen LogP contribution >= 0.6 is 0 Å². The van der Waals surface area contributed by atoms with Gasteiger partial charge in [0, 0.05) is 0 Å². The van der Waals surface area contributed by atoms with Crippen LogP contribution in [0.2, 0.25) is 10.2 Å². The summed E-state index contributed by atoms with van der Waals surface area (Å²) in [4.78, 5) is 0.403. The Hall–Kier alpha value is 0.266. The molecule has 0 N–H and O–H groups in total. The summed E-state index contributed by atoms with van der Waals surface area (Å²) < 4.78 is 17.3. The van der Waals surface area contributed by atoms with Gasteiger partial charge in [-0.15, -0.1) is 0 Å². The molecular formula is C11H20CoO2. The molecule has 0 aromatic rings. The molecule has 0 aromatic carbocycles. The predicted octanol–water partition coefficient (Wildman–Crippen LogP) is 3.15. The summed E-state index contributed by atoms with van der Waals surface area (Å²) in [5.74, 6) is 0.676. The second-order valence-electron chi connectivity index (χ2n) is 4.48. The Labute approximate surface area is 90.4 Å². The van der Waals surface area contributed by atoms with Gasteiger partial charge >= 0.3 is 90.1 Å². The van der Waals surface area contributed by atoms with E-state index in [1.54, 1.807) is 0 Å². The zero-order valence-corrected chi connectivity index (χ0v) is 10.0. The van der Waals surface area contributed by atoms with E-state index in [1.165, 1.54) is 19.3 Å². The van der Waals surface area contributed by atoms with Crippen LogP contribution in [0.1, 0.15) is 39.5 Å². The summed E-state index contributed by atoms with van der Waals surface area (Å²) in [5, 5.41) is 0.939. The number of epoxide rings is 1. The topological polar surface area (TPSA) is 29.6 Å². The molecule has 1 saturated heterocycles. The average Bonchev–Trinajstić information content (AvgIpc) is 2.94. The number of hydrogen-bond acceptors (Lipinski definition) is 2. The van der Waals surface area contributed by atoms with Gasteiger partial charge in [0.1, 0.15) is 0 Å². The van der Waals surface area contributed by atoms with Crippen LogP contribution in [0.15, 0.2) is 0 Å². The third-order valence-corrected chi connectivity index (χ3v) is 5.94. The normalized spacial score (nSPS) is 38.7. The molecule has 1 aliphatic carbocycles. The molecule has 1 heterocycles. The fourth-order valence-electron chi connectivity index (χ4n) is 2.09. The molecule has 2 fully saturated rings. The van der Waals surface area contributed by atoms with E-state index in [1.807, 2.05) is 0 Å². The molecule has 14 heavy (non-hydrogen) atoms. The Bertz CT molecular complexity index is 229. The van der Waals surface area contributed by atoms with Gasteiger partial charge in [0.05, 0.1) is 0 Å². The van der Waals surface area contributed by atoms with Crippen molar-refractivity contribution in [1.82, 2.24) is 0 Å². The molecule has 4 unspecified atom stereocenters. The van der Waals surface area contributed by atoms with E-state index >= 15 is 0 Å². The summed E-state index contributed by atoms with van der Waals surface area (Å²) >= 11 is -0.949. The van der Waals surface area contributed by atoms with E-state index in [0.29, 0.717) is 23.0 Å². The van der Waals surface area contributed by atoms with Crippen molar-refractivity contribution < 1.29 is 22.2 Å². The van der Waals surface area contributed by atoms with Gasteiger partial charge in [0.15, 0.2) is 0 Å². The first-order chi connectivity index (χ1) is 6.70. The Kier molecular flexibility index (Phi) is 3.40. The summed E-state index contributed by atoms with van der Waals surface area (Å²) in [7, 11) is 0. The first-order valence-electron chi connectivity index (χ1n) is 5.60. The Morgan fingerprint density at radius 3 is 2.86 bits per heavy atom. The summed E-state index contributed by atoms with van der Waals surface area (Å²) in [5.41, 5.74) is 0. The molecule has 1 aliphatic heterocycles. The number of fused-ring (bicyclic) bond motifs is 1. The number of rotatable bonds is 4.